The molecule has 1 N–H and O–H groups in total. The summed E-state index contributed by atoms with van der Waals surface area (Å²) in [5, 5.41) is 3.54. The zero-order valence-electron chi connectivity index (χ0n) is 10.5. The first kappa shape index (κ1) is 12.4. The van der Waals surface area contributed by atoms with E-state index < -0.39 is 0 Å². The van der Waals surface area contributed by atoms with Crippen molar-refractivity contribution in [3.63, 3.8) is 0 Å². The first-order valence-electron chi connectivity index (χ1n) is 6.54. The maximum Gasteiger partial charge on any atom is 0.146 e. The minimum absolute atomic E-state index is 0.107. The summed E-state index contributed by atoms with van der Waals surface area (Å²) in [6, 6.07) is 7.57. The summed E-state index contributed by atoms with van der Waals surface area (Å²) in [4.78, 5) is 2.18. The van der Waals surface area contributed by atoms with Crippen LogP contribution in [0.3, 0.4) is 0 Å². The predicted octanol–water partition coefficient (Wildman–Crippen LogP) is 2.79. The number of rotatable bonds is 3. The fraction of sp³-hybridized carbons (Fsp3) is 0.571. The van der Waals surface area contributed by atoms with Crippen LogP contribution < -0.4 is 10.2 Å². The summed E-state index contributed by atoms with van der Waals surface area (Å²) >= 11 is 0. The van der Waals surface area contributed by atoms with Crippen LogP contribution in [0.2, 0.25) is 0 Å². The molecule has 2 rings (SSSR count). The van der Waals surface area contributed by atoms with E-state index >= 15 is 0 Å². The van der Waals surface area contributed by atoms with Crippen molar-refractivity contribution in [2.45, 2.75) is 32.2 Å². The Labute approximate surface area is 103 Å². The van der Waals surface area contributed by atoms with Crippen molar-refractivity contribution in [3.05, 3.63) is 30.1 Å². The van der Waals surface area contributed by atoms with Crippen LogP contribution >= 0.6 is 0 Å². The molecule has 0 saturated carbocycles. The average molecular weight is 236 g/mol. The summed E-state index contributed by atoms with van der Waals surface area (Å²) in [7, 11) is 0. The van der Waals surface area contributed by atoms with Gasteiger partial charge in [-0.1, -0.05) is 25.5 Å². The average Bonchev–Trinajstić information content (AvgIpc) is 2.56. The third kappa shape index (κ3) is 3.19. The van der Waals surface area contributed by atoms with Crippen LogP contribution in [-0.2, 0) is 0 Å². The van der Waals surface area contributed by atoms with Crippen molar-refractivity contribution in [2.24, 2.45) is 0 Å². The lowest BCUT2D eigenvalue weighted by atomic mass is 10.1. The normalized spacial score (nSPS) is 21.3. The molecule has 0 aliphatic carbocycles. The number of hydrogen-bond donors (Lipinski definition) is 1. The second kappa shape index (κ2) is 6.01. The first-order valence-corrected chi connectivity index (χ1v) is 6.54. The summed E-state index contributed by atoms with van der Waals surface area (Å²) in [5.41, 5.74) is 0.748. The molecule has 0 radical (unpaired) electrons. The first-order chi connectivity index (χ1) is 8.31. The molecule has 1 atom stereocenters. The van der Waals surface area contributed by atoms with E-state index in [1.165, 1.54) is 6.42 Å². The van der Waals surface area contributed by atoms with E-state index in [0.717, 1.165) is 38.2 Å². The number of nitrogens with one attached hydrogen (secondary N) is 1. The van der Waals surface area contributed by atoms with E-state index in [4.69, 9.17) is 0 Å². The molecule has 1 aliphatic rings. The molecule has 1 unspecified atom stereocenters. The number of anilines is 1. The highest BCUT2D eigenvalue weighted by Gasteiger charge is 2.18. The maximum atomic E-state index is 13.8. The Morgan fingerprint density at radius 3 is 3.00 bits per heavy atom. The van der Waals surface area contributed by atoms with Crippen molar-refractivity contribution in [2.75, 3.05) is 24.5 Å². The van der Waals surface area contributed by atoms with Gasteiger partial charge in [0, 0.05) is 19.1 Å². The monoisotopic (exact) mass is 236 g/mol. The highest BCUT2D eigenvalue weighted by Crippen LogP contribution is 2.20. The Kier molecular flexibility index (Phi) is 4.37. The molecular weight excluding hydrogens is 215 g/mol. The molecule has 0 spiro atoms. The molecule has 1 aliphatic heterocycles. The Hall–Kier alpha value is -1.09. The lowest BCUT2D eigenvalue weighted by Gasteiger charge is -2.26. The van der Waals surface area contributed by atoms with Crippen molar-refractivity contribution in [1.82, 2.24) is 5.32 Å². The fourth-order valence-electron chi connectivity index (χ4n) is 2.47. The fourth-order valence-corrected chi connectivity index (χ4v) is 2.47. The van der Waals surface area contributed by atoms with E-state index in [1.54, 1.807) is 12.1 Å². The predicted molar refractivity (Wildman–Crippen MR) is 69.9 cm³/mol. The zero-order chi connectivity index (χ0) is 12.1. The van der Waals surface area contributed by atoms with Gasteiger partial charge in [0.25, 0.3) is 0 Å². The molecule has 17 heavy (non-hydrogen) atoms. The van der Waals surface area contributed by atoms with E-state index in [2.05, 4.69) is 17.1 Å². The van der Waals surface area contributed by atoms with Crippen LogP contribution in [0.1, 0.15) is 26.2 Å². The maximum absolute atomic E-state index is 13.8. The highest BCUT2D eigenvalue weighted by atomic mass is 19.1. The van der Waals surface area contributed by atoms with Gasteiger partial charge in [-0.15, -0.1) is 0 Å². The molecule has 3 heteroatoms. The third-order valence-corrected chi connectivity index (χ3v) is 3.31. The van der Waals surface area contributed by atoms with Gasteiger partial charge in [-0.3, -0.25) is 0 Å². The number of benzene rings is 1. The molecule has 1 saturated heterocycles. The van der Waals surface area contributed by atoms with E-state index in [1.807, 2.05) is 12.1 Å². The quantitative estimate of drug-likeness (QED) is 0.868. The van der Waals surface area contributed by atoms with Crippen molar-refractivity contribution < 1.29 is 4.39 Å². The second-order valence-electron chi connectivity index (χ2n) is 4.69. The van der Waals surface area contributed by atoms with Gasteiger partial charge in [0.2, 0.25) is 0 Å². The molecule has 1 fully saturated rings. The standard InChI is InChI=1S/C14H21FN2/c1-2-6-12-11-17(10-5-9-16-12)14-8-4-3-7-13(14)15/h3-4,7-8,12,16H,2,5-6,9-11H2,1H3. The van der Waals surface area contributed by atoms with E-state index in [9.17, 15) is 4.39 Å². The van der Waals surface area contributed by atoms with E-state index in [0.29, 0.717) is 6.04 Å². The number of halogens is 1. The SMILES string of the molecule is CCCC1CN(c2ccccc2F)CCCN1. The Bertz CT molecular complexity index is 354. The third-order valence-electron chi connectivity index (χ3n) is 3.31. The molecule has 1 heterocycles. The molecule has 1 aromatic carbocycles. The van der Waals surface area contributed by atoms with Crippen molar-refractivity contribution in [3.8, 4) is 0 Å². The van der Waals surface area contributed by atoms with Gasteiger partial charge in [0.1, 0.15) is 5.82 Å². The van der Waals surface area contributed by atoms with Crippen LogP contribution in [0.5, 0.6) is 0 Å². The number of hydrogen-bond acceptors (Lipinski definition) is 2. The molecule has 0 amide bonds. The Morgan fingerprint density at radius 1 is 1.41 bits per heavy atom. The number of para-hydroxylation sites is 1. The minimum atomic E-state index is -0.107. The zero-order valence-corrected chi connectivity index (χ0v) is 10.5. The lowest BCUT2D eigenvalue weighted by molar-refractivity contribution is 0.500. The lowest BCUT2D eigenvalue weighted by Crippen LogP contribution is -2.37. The van der Waals surface area contributed by atoms with Gasteiger partial charge in [-0.25, -0.2) is 4.39 Å². The summed E-state index contributed by atoms with van der Waals surface area (Å²) in [6.45, 7) is 5.08. The second-order valence-corrected chi connectivity index (χ2v) is 4.69. The smallest absolute Gasteiger partial charge is 0.146 e. The molecule has 1 aromatic rings. The van der Waals surface area contributed by atoms with Crippen LogP contribution in [0.4, 0.5) is 10.1 Å². The summed E-state index contributed by atoms with van der Waals surface area (Å²) in [5.74, 6) is -0.107. The van der Waals surface area contributed by atoms with Crippen LogP contribution in [0, 0.1) is 5.82 Å². The van der Waals surface area contributed by atoms with Crippen LogP contribution in [0.15, 0.2) is 24.3 Å². The van der Waals surface area contributed by atoms with Gasteiger partial charge in [-0.2, -0.15) is 0 Å². The highest BCUT2D eigenvalue weighted by molar-refractivity contribution is 5.47. The minimum Gasteiger partial charge on any atom is -0.368 e. The summed E-state index contributed by atoms with van der Waals surface area (Å²) in [6.07, 6.45) is 3.41. The largest absolute Gasteiger partial charge is 0.368 e. The topological polar surface area (TPSA) is 15.3 Å². The van der Waals surface area contributed by atoms with Crippen molar-refractivity contribution in [1.29, 1.82) is 0 Å². The molecule has 0 aromatic heterocycles. The Balaban J connectivity index is 2.11. The van der Waals surface area contributed by atoms with Gasteiger partial charge in [0.05, 0.1) is 5.69 Å². The summed E-state index contributed by atoms with van der Waals surface area (Å²) < 4.78 is 13.8. The van der Waals surface area contributed by atoms with Crippen LogP contribution in [-0.4, -0.2) is 25.7 Å². The molecular formula is C14H21FN2. The van der Waals surface area contributed by atoms with Gasteiger partial charge in [0.15, 0.2) is 0 Å². The van der Waals surface area contributed by atoms with Crippen LogP contribution in [0.25, 0.3) is 0 Å². The van der Waals surface area contributed by atoms with Gasteiger partial charge in [-0.05, 0) is 31.5 Å². The van der Waals surface area contributed by atoms with E-state index in [-0.39, 0.29) is 5.82 Å². The number of nitrogens with zero attached hydrogens (tertiary/aromatic N) is 1. The van der Waals surface area contributed by atoms with Gasteiger partial charge < -0.3 is 10.2 Å². The van der Waals surface area contributed by atoms with Gasteiger partial charge >= 0.3 is 0 Å². The molecule has 0 bridgehead atoms. The molecule has 94 valence electrons. The van der Waals surface area contributed by atoms with Crippen molar-refractivity contribution >= 4 is 5.69 Å². The Morgan fingerprint density at radius 2 is 2.24 bits per heavy atom. The molecule has 2 nitrogen and oxygen atoms in total.